The van der Waals surface area contributed by atoms with E-state index in [4.69, 9.17) is 0 Å². The van der Waals surface area contributed by atoms with Crippen molar-refractivity contribution in [3.05, 3.63) is 70.8 Å². The van der Waals surface area contributed by atoms with Crippen molar-refractivity contribution in [1.82, 2.24) is 0 Å². The first-order valence-electron chi connectivity index (χ1n) is 7.85. The molecule has 0 fully saturated rings. The minimum absolute atomic E-state index is 0. The molecule has 0 saturated carbocycles. The van der Waals surface area contributed by atoms with Crippen LogP contribution in [0.3, 0.4) is 0 Å². The van der Waals surface area contributed by atoms with E-state index in [9.17, 15) is 19.8 Å². The van der Waals surface area contributed by atoms with E-state index in [1.165, 1.54) is 0 Å². The summed E-state index contributed by atoms with van der Waals surface area (Å²) in [6, 6.07) is 13.6. The van der Waals surface area contributed by atoms with Crippen molar-refractivity contribution in [1.29, 1.82) is 0 Å². The Morgan fingerprint density at radius 2 is 0.880 bits per heavy atom. The minimum atomic E-state index is -1.12. The average molecular weight is 534 g/mol. The molecule has 2 rings (SSSR count). The number of rotatable bonds is 4. The molecular weight excluding hydrogens is 511 g/mol. The third-order valence-electron chi connectivity index (χ3n) is 3.63. The average Bonchev–Trinajstić information content (AvgIpc) is 2.55. The van der Waals surface area contributed by atoms with E-state index in [1.807, 2.05) is 24.3 Å². The predicted octanol–water partition coefficient (Wildman–Crippen LogP) is 1.97. The molecule has 0 spiro atoms. The summed E-state index contributed by atoms with van der Waals surface area (Å²) in [5.74, 6) is -1.38. The van der Waals surface area contributed by atoms with Gasteiger partial charge >= 0.3 is 27.3 Å². The second kappa shape index (κ2) is 11.0. The van der Waals surface area contributed by atoms with E-state index >= 15 is 0 Å². The van der Waals surface area contributed by atoms with E-state index in [0.717, 1.165) is 11.1 Å². The Morgan fingerprint density at radius 3 is 1.04 bits per heavy atom. The zero-order valence-electron chi connectivity index (χ0n) is 14.9. The van der Waals surface area contributed by atoms with Gasteiger partial charge in [-0.25, -0.2) is 0 Å². The van der Waals surface area contributed by atoms with Gasteiger partial charge in [-0.05, 0) is 34.1 Å². The van der Waals surface area contributed by atoms with Gasteiger partial charge in [0.25, 0.3) is 0 Å². The summed E-state index contributed by atoms with van der Waals surface area (Å²) in [4.78, 5) is 20.7. The maximum absolute atomic E-state index is 10.4. The summed E-state index contributed by atoms with van der Waals surface area (Å²) < 4.78 is 0. The summed E-state index contributed by atoms with van der Waals surface area (Å²) >= 11 is 0. The summed E-state index contributed by atoms with van der Waals surface area (Å²) in [6.45, 7) is 8.25. The van der Waals surface area contributed by atoms with Crippen LogP contribution in [0.4, 0.5) is 0 Å². The fraction of sp³-hybridized carbons (Fsp3) is 0.300. The fourth-order valence-electron chi connectivity index (χ4n) is 2.01. The van der Waals surface area contributed by atoms with Crippen molar-refractivity contribution >= 4 is 39.2 Å². The second-order valence-electron chi connectivity index (χ2n) is 6.13. The SMILES string of the molecule is CC(C)c1ccc(C(=O)[O-])cc1.CC(C)c1ccc(C(=O)[O-])cc1.[Pb+2]. The molecule has 0 aliphatic rings. The van der Waals surface area contributed by atoms with Gasteiger partial charge in [-0.1, -0.05) is 76.2 Å². The predicted molar refractivity (Wildman–Crippen MR) is 95.5 cm³/mol. The molecule has 0 saturated heterocycles. The Morgan fingerprint density at radius 1 is 0.640 bits per heavy atom. The quantitative estimate of drug-likeness (QED) is 0.563. The van der Waals surface area contributed by atoms with Gasteiger partial charge in [0, 0.05) is 0 Å². The number of carbonyl (C=O) groups excluding carboxylic acids is 2. The summed E-state index contributed by atoms with van der Waals surface area (Å²) in [5.41, 5.74) is 2.75. The molecule has 0 N–H and O–H groups in total. The van der Waals surface area contributed by atoms with E-state index in [2.05, 4.69) is 27.7 Å². The summed E-state index contributed by atoms with van der Waals surface area (Å²) in [5, 5.41) is 20.7. The zero-order valence-corrected chi connectivity index (χ0v) is 18.8. The molecule has 5 heteroatoms. The van der Waals surface area contributed by atoms with E-state index in [0.29, 0.717) is 11.8 Å². The molecule has 130 valence electrons. The minimum Gasteiger partial charge on any atom is -0.545 e. The summed E-state index contributed by atoms with van der Waals surface area (Å²) in [6.07, 6.45) is 0. The van der Waals surface area contributed by atoms with Crippen molar-refractivity contribution in [3.63, 3.8) is 0 Å². The topological polar surface area (TPSA) is 80.3 Å². The third kappa shape index (κ3) is 7.81. The molecule has 0 aromatic heterocycles. The number of carboxylic acids is 2. The van der Waals surface area contributed by atoms with Crippen LogP contribution in [0.25, 0.3) is 0 Å². The van der Waals surface area contributed by atoms with Crippen LogP contribution in [0.15, 0.2) is 48.5 Å². The molecule has 0 aliphatic carbocycles. The molecule has 4 nitrogen and oxygen atoms in total. The van der Waals surface area contributed by atoms with Gasteiger partial charge in [0.15, 0.2) is 0 Å². The van der Waals surface area contributed by atoms with Gasteiger partial charge in [-0.3, -0.25) is 0 Å². The van der Waals surface area contributed by atoms with Crippen LogP contribution in [0.2, 0.25) is 0 Å². The van der Waals surface area contributed by atoms with Gasteiger partial charge in [0.05, 0.1) is 11.9 Å². The third-order valence-corrected chi connectivity index (χ3v) is 3.63. The standard InChI is InChI=1S/2C10H12O2.Pb/c2*1-7(2)8-3-5-9(6-4-8)10(11)12;/h2*3-7H,1-2H3,(H,11,12);/q;;+2/p-2. The number of carboxylic acid groups (broad SMARTS) is 2. The smallest absolute Gasteiger partial charge is 0.545 e. The van der Waals surface area contributed by atoms with Crippen LogP contribution in [0.1, 0.15) is 71.4 Å². The molecule has 0 bridgehead atoms. The first kappa shape index (κ1) is 23.3. The largest absolute Gasteiger partial charge is 2.00 e. The van der Waals surface area contributed by atoms with Gasteiger partial charge in [0.2, 0.25) is 0 Å². The van der Waals surface area contributed by atoms with Crippen molar-refractivity contribution in [3.8, 4) is 0 Å². The Labute approximate surface area is 169 Å². The molecule has 2 radical (unpaired) electrons. The van der Waals surface area contributed by atoms with Crippen LogP contribution >= 0.6 is 0 Å². The molecule has 0 unspecified atom stereocenters. The number of aromatic carboxylic acids is 2. The fourth-order valence-corrected chi connectivity index (χ4v) is 2.01. The number of hydrogen-bond donors (Lipinski definition) is 0. The van der Waals surface area contributed by atoms with E-state index < -0.39 is 11.9 Å². The van der Waals surface area contributed by atoms with Crippen molar-refractivity contribution in [2.45, 2.75) is 39.5 Å². The maximum atomic E-state index is 10.4. The Balaban J connectivity index is 0.000000443. The van der Waals surface area contributed by atoms with Gasteiger partial charge in [-0.2, -0.15) is 0 Å². The van der Waals surface area contributed by atoms with Crippen LogP contribution < -0.4 is 10.2 Å². The number of benzene rings is 2. The maximum Gasteiger partial charge on any atom is 2.00 e. The van der Waals surface area contributed by atoms with Crippen LogP contribution in [-0.2, 0) is 0 Å². The van der Waals surface area contributed by atoms with E-state index in [-0.39, 0.29) is 38.4 Å². The molecule has 0 heterocycles. The van der Waals surface area contributed by atoms with Crippen LogP contribution in [-0.4, -0.2) is 39.2 Å². The van der Waals surface area contributed by atoms with Crippen molar-refractivity contribution < 1.29 is 19.8 Å². The molecule has 0 atom stereocenters. The molecule has 2 aromatic carbocycles. The van der Waals surface area contributed by atoms with Gasteiger partial charge in [-0.15, -0.1) is 0 Å². The van der Waals surface area contributed by atoms with Gasteiger partial charge in [0.1, 0.15) is 0 Å². The Bertz CT molecular complexity index is 612. The van der Waals surface area contributed by atoms with E-state index in [1.54, 1.807) is 24.3 Å². The molecule has 0 amide bonds. The van der Waals surface area contributed by atoms with Crippen molar-refractivity contribution in [2.24, 2.45) is 0 Å². The number of carbonyl (C=O) groups is 2. The molecule has 0 aliphatic heterocycles. The normalized spacial score (nSPS) is 9.84. The second-order valence-corrected chi connectivity index (χ2v) is 6.13. The Hall–Kier alpha value is -1.70. The first-order chi connectivity index (χ1) is 11.2. The summed E-state index contributed by atoms with van der Waals surface area (Å²) in [7, 11) is 0. The molecule has 2 aromatic rings. The first-order valence-corrected chi connectivity index (χ1v) is 7.85. The van der Waals surface area contributed by atoms with Crippen LogP contribution in [0, 0.1) is 0 Å². The zero-order chi connectivity index (χ0) is 18.3. The molecular formula is C20H22O4Pb. The van der Waals surface area contributed by atoms with Crippen molar-refractivity contribution in [2.75, 3.05) is 0 Å². The monoisotopic (exact) mass is 534 g/mol. The number of hydrogen-bond acceptors (Lipinski definition) is 4. The van der Waals surface area contributed by atoms with Crippen LogP contribution in [0.5, 0.6) is 0 Å². The molecule has 25 heavy (non-hydrogen) atoms. The van der Waals surface area contributed by atoms with Gasteiger partial charge < -0.3 is 19.8 Å². The Kier molecular flexibility index (Phi) is 10.3.